The van der Waals surface area contributed by atoms with E-state index < -0.39 is 0 Å². The largest absolute Gasteiger partial charge is 0.378 e. The smallest absolute Gasteiger partial charge is 0.0939 e. The van der Waals surface area contributed by atoms with Gasteiger partial charge in [-0.2, -0.15) is 0 Å². The van der Waals surface area contributed by atoms with Crippen LogP contribution in [0, 0.1) is 5.92 Å². The molecular weight excluding hydrogens is 268 g/mol. The Bertz CT molecular complexity index is 338. The molecule has 5 nitrogen and oxygen atoms in total. The van der Waals surface area contributed by atoms with Gasteiger partial charge < -0.3 is 14.2 Å². The molecule has 1 aliphatic carbocycles. The van der Waals surface area contributed by atoms with Crippen LogP contribution in [0.1, 0.15) is 51.9 Å². The summed E-state index contributed by atoms with van der Waals surface area (Å²) in [6.45, 7) is 5.22. The highest BCUT2D eigenvalue weighted by Crippen LogP contribution is 2.44. The molecule has 122 valence electrons. The molecule has 2 aliphatic heterocycles. The number of hydrazine groups is 1. The van der Waals surface area contributed by atoms with Gasteiger partial charge in [0.1, 0.15) is 0 Å². The lowest BCUT2D eigenvalue weighted by molar-refractivity contribution is -0.132. The number of rotatable bonds is 5. The van der Waals surface area contributed by atoms with Crippen LogP contribution in [0.15, 0.2) is 0 Å². The summed E-state index contributed by atoms with van der Waals surface area (Å²) in [6, 6.07) is 0.223. The van der Waals surface area contributed by atoms with Crippen LogP contribution >= 0.6 is 0 Å². The molecule has 3 N–H and O–H groups in total. The van der Waals surface area contributed by atoms with Gasteiger partial charge in [0.2, 0.25) is 0 Å². The van der Waals surface area contributed by atoms with Crippen LogP contribution in [0.2, 0.25) is 0 Å². The van der Waals surface area contributed by atoms with Crippen molar-refractivity contribution in [1.82, 2.24) is 5.43 Å². The second-order valence-corrected chi connectivity index (χ2v) is 6.94. The summed E-state index contributed by atoms with van der Waals surface area (Å²) in [5.74, 6) is 6.49. The number of nitrogens with two attached hydrogens (primary N) is 1. The number of hydrogen-bond donors (Lipinski definition) is 2. The number of nitrogens with one attached hydrogen (secondary N) is 1. The molecule has 0 radical (unpaired) electrons. The van der Waals surface area contributed by atoms with E-state index in [-0.39, 0.29) is 17.2 Å². The van der Waals surface area contributed by atoms with Crippen molar-refractivity contribution in [1.29, 1.82) is 0 Å². The molecule has 3 fully saturated rings. The molecule has 0 aromatic heterocycles. The minimum Gasteiger partial charge on any atom is -0.378 e. The normalized spacial score (nSPS) is 37.1. The monoisotopic (exact) mass is 298 g/mol. The molecule has 3 unspecified atom stereocenters. The molecular formula is C16H30N2O3. The van der Waals surface area contributed by atoms with Crippen LogP contribution in [0.25, 0.3) is 0 Å². The molecule has 0 aromatic carbocycles. The topological polar surface area (TPSA) is 65.7 Å². The van der Waals surface area contributed by atoms with Crippen LogP contribution in [-0.2, 0) is 14.2 Å². The fraction of sp³-hybridized carbons (Fsp3) is 1.00. The zero-order chi connectivity index (χ0) is 14.8. The van der Waals surface area contributed by atoms with E-state index >= 15 is 0 Å². The summed E-state index contributed by atoms with van der Waals surface area (Å²) in [5, 5.41) is 0. The van der Waals surface area contributed by atoms with Crippen LogP contribution in [0.3, 0.4) is 0 Å². The average molecular weight is 298 g/mol. The highest BCUT2D eigenvalue weighted by atomic mass is 16.6. The zero-order valence-electron chi connectivity index (χ0n) is 13.2. The third kappa shape index (κ3) is 2.99. The van der Waals surface area contributed by atoms with Gasteiger partial charge in [-0.3, -0.25) is 11.3 Å². The molecule has 1 spiro atoms. The summed E-state index contributed by atoms with van der Waals surface area (Å²) in [4.78, 5) is 0. The minimum atomic E-state index is -0.0772. The van der Waals surface area contributed by atoms with Gasteiger partial charge in [0.05, 0.1) is 23.9 Å². The lowest BCUT2D eigenvalue weighted by Gasteiger charge is -2.46. The fourth-order valence-corrected chi connectivity index (χ4v) is 4.74. The predicted octanol–water partition coefficient (Wildman–Crippen LogP) is 1.75. The maximum Gasteiger partial charge on any atom is 0.0939 e. The molecule has 0 amide bonds. The molecule has 3 atom stereocenters. The Morgan fingerprint density at radius 3 is 2.71 bits per heavy atom. The first-order valence-corrected chi connectivity index (χ1v) is 8.55. The van der Waals surface area contributed by atoms with Gasteiger partial charge in [-0.1, -0.05) is 12.8 Å². The molecule has 3 aliphatic rings. The van der Waals surface area contributed by atoms with Crippen LogP contribution in [-0.4, -0.2) is 43.7 Å². The second kappa shape index (κ2) is 6.50. The van der Waals surface area contributed by atoms with Gasteiger partial charge in [-0.25, -0.2) is 0 Å². The van der Waals surface area contributed by atoms with E-state index in [0.717, 1.165) is 58.5 Å². The van der Waals surface area contributed by atoms with Gasteiger partial charge >= 0.3 is 0 Å². The summed E-state index contributed by atoms with van der Waals surface area (Å²) >= 11 is 0. The molecule has 2 heterocycles. The quantitative estimate of drug-likeness (QED) is 0.598. The van der Waals surface area contributed by atoms with Crippen LogP contribution < -0.4 is 11.3 Å². The SMILES string of the molecule is CCOC1(C(NN)C2CCOC3(CCOC3)C2)CCCC1. The van der Waals surface area contributed by atoms with Crippen molar-refractivity contribution in [3.63, 3.8) is 0 Å². The van der Waals surface area contributed by atoms with Gasteiger partial charge in [0.25, 0.3) is 0 Å². The Balaban J connectivity index is 1.75. The van der Waals surface area contributed by atoms with E-state index in [9.17, 15) is 0 Å². The van der Waals surface area contributed by atoms with Crippen molar-refractivity contribution in [2.45, 2.75) is 69.1 Å². The van der Waals surface area contributed by atoms with E-state index in [1.165, 1.54) is 12.8 Å². The Hall–Kier alpha value is -0.200. The summed E-state index contributed by atoms with van der Waals surface area (Å²) in [5.41, 5.74) is 2.98. The van der Waals surface area contributed by atoms with Crippen molar-refractivity contribution >= 4 is 0 Å². The van der Waals surface area contributed by atoms with E-state index in [1.807, 2.05) is 0 Å². The average Bonchev–Trinajstić information content (AvgIpc) is 3.11. The Morgan fingerprint density at radius 1 is 1.29 bits per heavy atom. The maximum absolute atomic E-state index is 6.23. The fourth-order valence-electron chi connectivity index (χ4n) is 4.74. The third-order valence-corrected chi connectivity index (χ3v) is 5.70. The van der Waals surface area contributed by atoms with Gasteiger partial charge in [0, 0.05) is 26.2 Å². The number of hydrogen-bond acceptors (Lipinski definition) is 5. The van der Waals surface area contributed by atoms with E-state index in [4.69, 9.17) is 20.1 Å². The van der Waals surface area contributed by atoms with Gasteiger partial charge in [-0.05, 0) is 38.5 Å². The van der Waals surface area contributed by atoms with Gasteiger partial charge in [0.15, 0.2) is 0 Å². The Kier molecular flexibility index (Phi) is 4.86. The van der Waals surface area contributed by atoms with E-state index in [2.05, 4.69) is 12.3 Å². The van der Waals surface area contributed by atoms with Crippen molar-refractivity contribution in [3.8, 4) is 0 Å². The standard InChI is InChI=1S/C16H30N2O3/c1-2-20-16(6-3-4-7-16)14(18-17)13-5-9-21-15(11-13)8-10-19-12-15/h13-14,18H,2-12,17H2,1H3. The first-order valence-electron chi connectivity index (χ1n) is 8.55. The number of ether oxygens (including phenoxy) is 3. The molecule has 0 bridgehead atoms. The summed E-state index contributed by atoms with van der Waals surface area (Å²) < 4.78 is 17.9. The lowest BCUT2D eigenvalue weighted by Crippen LogP contribution is -2.60. The zero-order valence-corrected chi connectivity index (χ0v) is 13.2. The molecule has 3 rings (SSSR count). The first-order chi connectivity index (χ1) is 10.2. The van der Waals surface area contributed by atoms with Crippen LogP contribution in [0.4, 0.5) is 0 Å². The lowest BCUT2D eigenvalue weighted by atomic mass is 9.74. The predicted molar refractivity (Wildman–Crippen MR) is 80.8 cm³/mol. The van der Waals surface area contributed by atoms with Gasteiger partial charge in [-0.15, -0.1) is 0 Å². The first kappa shape index (κ1) is 15.7. The highest BCUT2D eigenvalue weighted by molar-refractivity contribution is 5.03. The minimum absolute atomic E-state index is 0.0655. The Morgan fingerprint density at radius 2 is 2.10 bits per heavy atom. The van der Waals surface area contributed by atoms with E-state index in [1.54, 1.807) is 0 Å². The molecule has 5 heteroatoms. The summed E-state index contributed by atoms with van der Waals surface area (Å²) in [7, 11) is 0. The molecule has 2 saturated heterocycles. The third-order valence-electron chi connectivity index (χ3n) is 5.70. The van der Waals surface area contributed by atoms with E-state index in [0.29, 0.717) is 5.92 Å². The van der Waals surface area contributed by atoms with Crippen LogP contribution in [0.5, 0.6) is 0 Å². The van der Waals surface area contributed by atoms with Crippen molar-refractivity contribution in [3.05, 3.63) is 0 Å². The molecule has 0 aromatic rings. The summed E-state index contributed by atoms with van der Waals surface area (Å²) in [6.07, 6.45) is 7.85. The maximum atomic E-state index is 6.23. The second-order valence-electron chi connectivity index (χ2n) is 6.94. The Labute approximate surface area is 127 Å². The highest BCUT2D eigenvalue weighted by Gasteiger charge is 2.50. The molecule has 21 heavy (non-hydrogen) atoms. The molecule has 1 saturated carbocycles. The van der Waals surface area contributed by atoms with Crippen molar-refractivity contribution in [2.24, 2.45) is 11.8 Å². The van der Waals surface area contributed by atoms with Crippen molar-refractivity contribution in [2.75, 3.05) is 26.4 Å². The van der Waals surface area contributed by atoms with Crippen molar-refractivity contribution < 1.29 is 14.2 Å².